The number of nitrogens with two attached hydrogens (primary N) is 3. The van der Waals surface area contributed by atoms with E-state index in [0.29, 0.717) is 16.0 Å². The van der Waals surface area contributed by atoms with E-state index >= 15 is 0 Å². The summed E-state index contributed by atoms with van der Waals surface area (Å²) in [6.07, 6.45) is -0.0437. The van der Waals surface area contributed by atoms with Crippen molar-refractivity contribution in [2.24, 2.45) is 17.2 Å². The zero-order chi connectivity index (χ0) is 25.3. The average molecular weight is 488 g/mol. The van der Waals surface area contributed by atoms with E-state index in [1.54, 1.807) is 36.4 Å². The van der Waals surface area contributed by atoms with E-state index < -0.39 is 23.3 Å². The molecule has 0 aliphatic carbocycles. The summed E-state index contributed by atoms with van der Waals surface area (Å²) < 4.78 is 4.66. The van der Waals surface area contributed by atoms with Crippen molar-refractivity contribution in [3.8, 4) is 0 Å². The predicted octanol–water partition coefficient (Wildman–Crippen LogP) is -0.0580. The number of benzene rings is 1. The second-order valence-corrected chi connectivity index (χ2v) is 8.83. The SMILES string of the molecule is COC(=O)CC[C@](N)(Cc1cccc(C(=N)N)c1)C(=O)NCC(=O)NCc1ccc(C(=N)N)s1. The van der Waals surface area contributed by atoms with Crippen LogP contribution in [0.15, 0.2) is 36.4 Å². The maximum Gasteiger partial charge on any atom is 0.305 e. The van der Waals surface area contributed by atoms with E-state index in [4.69, 9.17) is 28.0 Å². The number of hydrogen-bond acceptors (Lipinski definition) is 8. The molecule has 1 atom stereocenters. The van der Waals surface area contributed by atoms with Crippen molar-refractivity contribution < 1.29 is 19.1 Å². The first-order valence-electron chi connectivity index (χ1n) is 10.3. The molecule has 2 aromatic rings. The average Bonchev–Trinajstić information content (AvgIpc) is 3.29. The van der Waals surface area contributed by atoms with Crippen molar-refractivity contribution in [1.29, 1.82) is 10.8 Å². The number of amidine groups is 2. The highest BCUT2D eigenvalue weighted by atomic mass is 32.1. The van der Waals surface area contributed by atoms with Crippen molar-refractivity contribution >= 4 is 40.8 Å². The van der Waals surface area contributed by atoms with Gasteiger partial charge in [0.25, 0.3) is 0 Å². The lowest BCUT2D eigenvalue weighted by molar-refractivity contribution is -0.141. The number of nitrogens with one attached hydrogen (secondary N) is 4. The van der Waals surface area contributed by atoms with Crippen molar-refractivity contribution in [2.45, 2.75) is 31.3 Å². The minimum atomic E-state index is -1.51. The van der Waals surface area contributed by atoms with Crippen LogP contribution in [0.2, 0.25) is 0 Å². The largest absolute Gasteiger partial charge is 0.469 e. The molecule has 0 spiro atoms. The molecule has 0 bridgehead atoms. The quantitative estimate of drug-likeness (QED) is 0.123. The molecule has 1 aromatic heterocycles. The monoisotopic (exact) mass is 487 g/mol. The molecular formula is C22H29N7O4S. The Labute approximate surface area is 201 Å². The second kappa shape index (κ2) is 11.9. The Morgan fingerprint density at radius 1 is 1.09 bits per heavy atom. The molecule has 11 nitrogen and oxygen atoms in total. The van der Waals surface area contributed by atoms with Crippen LogP contribution in [-0.4, -0.2) is 48.6 Å². The number of carbonyl (C=O) groups excluding carboxylic acids is 3. The Balaban J connectivity index is 2.02. The third kappa shape index (κ3) is 7.67. The van der Waals surface area contributed by atoms with Crippen molar-refractivity contribution in [2.75, 3.05) is 13.7 Å². The standard InChI is InChI=1S/C22H29N7O4S/c1-33-18(31)7-8-22(27,10-13-3-2-4-14(9-13)19(23)24)21(32)29-12-17(30)28-11-15-5-6-16(34-15)20(25)26/h2-6,9H,7-8,10-12,27H2,1H3,(H3,23,24)(H3,25,26)(H,28,30)(H,29,32)/t22-/m0/s1. The van der Waals surface area contributed by atoms with Gasteiger partial charge in [-0.1, -0.05) is 18.2 Å². The number of amides is 2. The molecule has 0 fully saturated rings. The van der Waals surface area contributed by atoms with Gasteiger partial charge in [-0.2, -0.15) is 0 Å². The van der Waals surface area contributed by atoms with Crippen LogP contribution in [-0.2, 0) is 32.1 Å². The molecule has 10 N–H and O–H groups in total. The Bertz CT molecular complexity index is 1080. The zero-order valence-electron chi connectivity index (χ0n) is 18.8. The lowest BCUT2D eigenvalue weighted by Gasteiger charge is -2.28. The first-order valence-corrected chi connectivity index (χ1v) is 11.1. The van der Waals surface area contributed by atoms with Gasteiger partial charge in [0.15, 0.2) is 0 Å². The third-order valence-corrected chi connectivity index (χ3v) is 6.13. The van der Waals surface area contributed by atoms with E-state index in [1.807, 2.05) is 0 Å². The van der Waals surface area contributed by atoms with Gasteiger partial charge >= 0.3 is 5.97 Å². The molecule has 34 heavy (non-hydrogen) atoms. The maximum absolute atomic E-state index is 13.0. The Morgan fingerprint density at radius 3 is 2.44 bits per heavy atom. The summed E-state index contributed by atoms with van der Waals surface area (Å²) in [5.41, 5.74) is 17.0. The summed E-state index contributed by atoms with van der Waals surface area (Å²) in [5, 5.41) is 20.2. The fourth-order valence-corrected chi connectivity index (χ4v) is 3.93. The van der Waals surface area contributed by atoms with Crippen molar-refractivity contribution in [3.05, 3.63) is 57.3 Å². The zero-order valence-corrected chi connectivity index (χ0v) is 19.6. The molecule has 182 valence electrons. The minimum Gasteiger partial charge on any atom is -0.469 e. The van der Waals surface area contributed by atoms with E-state index in [-0.39, 0.29) is 44.0 Å². The molecule has 1 aromatic carbocycles. The van der Waals surface area contributed by atoms with Crippen LogP contribution >= 0.6 is 11.3 Å². The molecular weight excluding hydrogens is 458 g/mol. The van der Waals surface area contributed by atoms with Crippen LogP contribution in [0.5, 0.6) is 0 Å². The van der Waals surface area contributed by atoms with Crippen LogP contribution < -0.4 is 27.8 Å². The summed E-state index contributed by atoms with van der Waals surface area (Å²) in [4.78, 5) is 38.3. The maximum atomic E-state index is 13.0. The highest BCUT2D eigenvalue weighted by Gasteiger charge is 2.35. The second-order valence-electron chi connectivity index (χ2n) is 7.66. The van der Waals surface area contributed by atoms with Gasteiger partial charge in [0, 0.05) is 16.9 Å². The van der Waals surface area contributed by atoms with E-state index in [0.717, 1.165) is 4.88 Å². The normalized spacial score (nSPS) is 12.3. The summed E-state index contributed by atoms with van der Waals surface area (Å²) in [6.45, 7) is -0.0883. The summed E-state index contributed by atoms with van der Waals surface area (Å²) >= 11 is 1.29. The Kier molecular flexibility index (Phi) is 9.27. The fourth-order valence-electron chi connectivity index (χ4n) is 3.12. The number of nitrogen functional groups attached to an aromatic ring is 2. The number of methoxy groups -OCH3 is 1. The molecule has 2 rings (SSSR count). The van der Waals surface area contributed by atoms with Crippen LogP contribution in [0.25, 0.3) is 0 Å². The third-order valence-electron chi connectivity index (χ3n) is 5.01. The highest BCUT2D eigenvalue weighted by molar-refractivity contribution is 7.14. The van der Waals surface area contributed by atoms with Gasteiger partial charge in [-0.3, -0.25) is 25.2 Å². The number of carbonyl (C=O) groups is 3. The fraction of sp³-hybridized carbons (Fsp3) is 0.318. The minimum absolute atomic E-state index is 0.0134. The lowest BCUT2D eigenvalue weighted by atomic mass is 9.85. The topological polar surface area (TPSA) is 210 Å². The van der Waals surface area contributed by atoms with Gasteiger partial charge in [-0.05, 0) is 36.6 Å². The predicted molar refractivity (Wildman–Crippen MR) is 130 cm³/mol. The molecule has 2 amide bonds. The first kappa shape index (κ1) is 26.5. The molecule has 1 heterocycles. The van der Waals surface area contributed by atoms with E-state index in [1.165, 1.54) is 18.4 Å². The molecule has 0 saturated carbocycles. The lowest BCUT2D eigenvalue weighted by Crippen LogP contribution is -2.57. The van der Waals surface area contributed by atoms with Crippen LogP contribution in [0, 0.1) is 10.8 Å². The number of esters is 1. The van der Waals surface area contributed by atoms with Crippen LogP contribution in [0.3, 0.4) is 0 Å². The van der Waals surface area contributed by atoms with E-state index in [9.17, 15) is 14.4 Å². The van der Waals surface area contributed by atoms with Crippen LogP contribution in [0.4, 0.5) is 0 Å². The first-order chi connectivity index (χ1) is 16.0. The smallest absolute Gasteiger partial charge is 0.305 e. The van der Waals surface area contributed by atoms with Gasteiger partial charge in [0.1, 0.15) is 11.7 Å². The number of rotatable bonds is 12. The van der Waals surface area contributed by atoms with Gasteiger partial charge in [-0.15, -0.1) is 11.3 Å². The van der Waals surface area contributed by atoms with Gasteiger partial charge in [0.2, 0.25) is 11.8 Å². The molecule has 12 heteroatoms. The van der Waals surface area contributed by atoms with Crippen molar-refractivity contribution in [3.63, 3.8) is 0 Å². The van der Waals surface area contributed by atoms with Crippen LogP contribution in [0.1, 0.15) is 33.7 Å². The molecule has 0 aliphatic heterocycles. The van der Waals surface area contributed by atoms with Gasteiger partial charge in [-0.25, -0.2) is 0 Å². The number of ether oxygens (including phenoxy) is 1. The molecule has 0 radical (unpaired) electrons. The Morgan fingerprint density at radius 2 is 1.82 bits per heavy atom. The number of hydrogen-bond donors (Lipinski definition) is 7. The molecule has 0 aliphatic rings. The van der Waals surface area contributed by atoms with Crippen molar-refractivity contribution in [1.82, 2.24) is 10.6 Å². The highest BCUT2D eigenvalue weighted by Crippen LogP contribution is 2.19. The summed E-state index contributed by atoms with van der Waals surface area (Å²) in [7, 11) is 1.24. The number of thiophene rings is 1. The Hall–Kier alpha value is -3.77. The summed E-state index contributed by atoms with van der Waals surface area (Å²) in [6, 6.07) is 10.2. The molecule has 0 saturated heterocycles. The van der Waals surface area contributed by atoms with E-state index in [2.05, 4.69) is 15.4 Å². The molecule has 0 unspecified atom stereocenters. The van der Waals surface area contributed by atoms with Gasteiger partial charge < -0.3 is 32.6 Å². The summed E-state index contributed by atoms with van der Waals surface area (Å²) in [5.74, 6) is -1.72. The van der Waals surface area contributed by atoms with Gasteiger partial charge in [0.05, 0.1) is 30.6 Å².